The van der Waals surface area contributed by atoms with Crippen LogP contribution in [0.2, 0.25) is 0 Å². The summed E-state index contributed by atoms with van der Waals surface area (Å²) in [6.07, 6.45) is 0.759. The second-order valence-electron chi connectivity index (χ2n) is 7.26. The van der Waals surface area contributed by atoms with E-state index in [0.717, 1.165) is 16.0 Å². The van der Waals surface area contributed by atoms with Gasteiger partial charge in [0, 0.05) is 25.2 Å². The third-order valence-electron chi connectivity index (χ3n) is 5.61. The highest BCUT2D eigenvalue weighted by Crippen LogP contribution is 2.35. The lowest BCUT2D eigenvalue weighted by Gasteiger charge is -2.32. The van der Waals surface area contributed by atoms with Crippen LogP contribution in [-0.4, -0.2) is 48.4 Å². The van der Waals surface area contributed by atoms with E-state index in [1.165, 1.54) is 24.3 Å². The van der Waals surface area contributed by atoms with Crippen LogP contribution in [0.4, 0.5) is 11.4 Å². The largest absolute Gasteiger partial charge is 0.493 e. The Kier molecular flexibility index (Phi) is 5.13. The normalized spacial score (nSPS) is 19.0. The predicted octanol–water partition coefficient (Wildman–Crippen LogP) is 2.30. The van der Waals surface area contributed by atoms with Gasteiger partial charge in [-0.1, -0.05) is 6.07 Å². The third-order valence-corrected chi connectivity index (χ3v) is 5.61. The van der Waals surface area contributed by atoms with E-state index < -0.39 is 11.0 Å². The molecule has 0 aliphatic carbocycles. The van der Waals surface area contributed by atoms with Gasteiger partial charge in [-0.05, 0) is 35.7 Å². The number of non-ortho nitro benzene ring substituents is 1. The fourth-order valence-corrected chi connectivity index (χ4v) is 4.09. The van der Waals surface area contributed by atoms with Gasteiger partial charge >= 0.3 is 0 Å². The van der Waals surface area contributed by atoms with E-state index in [-0.39, 0.29) is 29.6 Å². The van der Waals surface area contributed by atoms with Gasteiger partial charge in [0.15, 0.2) is 11.5 Å². The highest BCUT2D eigenvalue weighted by atomic mass is 16.6. The van der Waals surface area contributed by atoms with Gasteiger partial charge in [0.2, 0.25) is 5.91 Å². The number of nitro benzene ring substituents is 1. The van der Waals surface area contributed by atoms with Crippen molar-refractivity contribution in [3.63, 3.8) is 0 Å². The Morgan fingerprint density at radius 1 is 1.07 bits per heavy atom. The van der Waals surface area contributed by atoms with Crippen molar-refractivity contribution in [2.24, 2.45) is 0 Å². The lowest BCUT2D eigenvalue weighted by Crippen LogP contribution is -2.44. The summed E-state index contributed by atoms with van der Waals surface area (Å²) in [5.74, 6) is 0.562. The van der Waals surface area contributed by atoms with Crippen molar-refractivity contribution < 1.29 is 24.0 Å². The lowest BCUT2D eigenvalue weighted by molar-refractivity contribution is -0.384. The van der Waals surface area contributed by atoms with Crippen molar-refractivity contribution in [2.45, 2.75) is 25.4 Å². The fraction of sp³-hybridized carbons (Fsp3) is 0.333. The van der Waals surface area contributed by atoms with Gasteiger partial charge < -0.3 is 9.47 Å². The Hall–Kier alpha value is -3.46. The van der Waals surface area contributed by atoms with E-state index in [4.69, 9.17) is 9.47 Å². The molecule has 9 nitrogen and oxygen atoms in total. The molecule has 0 aromatic heterocycles. The van der Waals surface area contributed by atoms with Crippen molar-refractivity contribution in [3.8, 4) is 11.5 Å². The number of fused-ring (bicyclic) bond motifs is 1. The van der Waals surface area contributed by atoms with Crippen LogP contribution in [-0.2, 0) is 22.6 Å². The molecule has 30 heavy (non-hydrogen) atoms. The molecule has 0 unspecified atom stereocenters. The van der Waals surface area contributed by atoms with E-state index in [1.807, 2.05) is 17.0 Å². The summed E-state index contributed by atoms with van der Waals surface area (Å²) in [5, 5.41) is 11.0. The number of hydrogen-bond acceptors (Lipinski definition) is 7. The number of carbonyl (C=O) groups is 2. The maximum Gasteiger partial charge on any atom is 0.271 e. The van der Waals surface area contributed by atoms with Crippen molar-refractivity contribution in [1.29, 1.82) is 0 Å². The van der Waals surface area contributed by atoms with Crippen molar-refractivity contribution in [3.05, 3.63) is 57.6 Å². The van der Waals surface area contributed by atoms with E-state index in [0.29, 0.717) is 31.0 Å². The summed E-state index contributed by atoms with van der Waals surface area (Å²) in [7, 11) is 3.16. The van der Waals surface area contributed by atoms with Gasteiger partial charge in [0.05, 0.1) is 37.3 Å². The zero-order valence-corrected chi connectivity index (χ0v) is 16.7. The molecule has 2 amide bonds. The molecule has 2 aromatic carbocycles. The number of anilines is 1. The minimum absolute atomic E-state index is 0.0458. The summed E-state index contributed by atoms with van der Waals surface area (Å²) >= 11 is 0. The first-order valence-corrected chi connectivity index (χ1v) is 9.52. The minimum atomic E-state index is -0.599. The zero-order valence-electron chi connectivity index (χ0n) is 16.7. The molecule has 4 rings (SSSR count). The summed E-state index contributed by atoms with van der Waals surface area (Å²) < 4.78 is 10.7. The molecule has 2 aliphatic heterocycles. The zero-order chi connectivity index (χ0) is 21.4. The SMILES string of the molecule is COc1cc2c(cc1OC)CN([C@@H]1CC(=O)N(c3cccc([N+](=O)[O-])c3)C1=O)CC2. The Morgan fingerprint density at radius 2 is 1.77 bits per heavy atom. The third kappa shape index (κ3) is 3.37. The van der Waals surface area contributed by atoms with Crippen LogP contribution in [0.25, 0.3) is 0 Å². The first-order valence-electron chi connectivity index (χ1n) is 9.52. The van der Waals surface area contributed by atoms with Crippen LogP contribution in [0.1, 0.15) is 17.5 Å². The van der Waals surface area contributed by atoms with Gasteiger partial charge in [-0.25, -0.2) is 4.90 Å². The quantitative estimate of drug-likeness (QED) is 0.423. The fourth-order valence-electron chi connectivity index (χ4n) is 4.09. The standard InChI is InChI=1S/C21H21N3O6/c1-29-18-8-13-6-7-22(12-14(13)9-19(18)30-2)17-11-20(25)23(21(17)26)15-4-3-5-16(10-15)24(27)28/h3-5,8-10,17H,6-7,11-12H2,1-2H3/t17-/m1/s1. The van der Waals surface area contributed by atoms with E-state index in [2.05, 4.69) is 0 Å². The molecule has 156 valence electrons. The Balaban J connectivity index is 1.58. The molecule has 1 saturated heterocycles. The number of ether oxygens (including phenoxy) is 2. The van der Waals surface area contributed by atoms with Gasteiger partial charge in [-0.3, -0.25) is 24.6 Å². The molecule has 1 fully saturated rings. The molecule has 9 heteroatoms. The molecule has 0 N–H and O–H groups in total. The van der Waals surface area contributed by atoms with Gasteiger partial charge in [0.25, 0.3) is 11.6 Å². The smallest absolute Gasteiger partial charge is 0.271 e. The second kappa shape index (κ2) is 7.75. The molecule has 0 spiro atoms. The second-order valence-corrected chi connectivity index (χ2v) is 7.26. The summed E-state index contributed by atoms with van der Waals surface area (Å²) in [6.45, 7) is 1.12. The van der Waals surface area contributed by atoms with Crippen LogP contribution in [0.3, 0.4) is 0 Å². The highest BCUT2D eigenvalue weighted by molar-refractivity contribution is 6.22. The summed E-state index contributed by atoms with van der Waals surface area (Å²) in [6, 6.07) is 8.84. The molecule has 2 aliphatic rings. The molecular weight excluding hydrogens is 390 g/mol. The number of methoxy groups -OCH3 is 2. The number of rotatable bonds is 5. The number of carbonyl (C=O) groups excluding carboxylic acids is 2. The number of hydrogen-bond donors (Lipinski definition) is 0. The Bertz CT molecular complexity index is 1040. The number of nitrogens with zero attached hydrogens (tertiary/aromatic N) is 3. The monoisotopic (exact) mass is 411 g/mol. The van der Waals surface area contributed by atoms with Crippen LogP contribution >= 0.6 is 0 Å². The van der Waals surface area contributed by atoms with E-state index in [1.54, 1.807) is 14.2 Å². The molecule has 0 radical (unpaired) electrons. The van der Waals surface area contributed by atoms with Crippen LogP contribution in [0, 0.1) is 10.1 Å². The first kappa shape index (κ1) is 19.8. The molecular formula is C21H21N3O6. The molecule has 1 atom stereocenters. The van der Waals surface area contributed by atoms with E-state index >= 15 is 0 Å². The molecule has 2 aromatic rings. The number of imide groups is 1. The number of benzene rings is 2. The lowest BCUT2D eigenvalue weighted by atomic mass is 9.97. The topological polar surface area (TPSA) is 102 Å². The highest BCUT2D eigenvalue weighted by Gasteiger charge is 2.43. The molecule has 0 bridgehead atoms. The van der Waals surface area contributed by atoms with Gasteiger partial charge in [-0.2, -0.15) is 0 Å². The van der Waals surface area contributed by atoms with Crippen LogP contribution in [0.5, 0.6) is 11.5 Å². The number of amides is 2. The summed E-state index contributed by atoms with van der Waals surface area (Å²) in [4.78, 5) is 39.2. The summed E-state index contributed by atoms with van der Waals surface area (Å²) in [5.41, 5.74) is 2.21. The predicted molar refractivity (Wildman–Crippen MR) is 108 cm³/mol. The van der Waals surface area contributed by atoms with Gasteiger partial charge in [-0.15, -0.1) is 0 Å². The maximum absolute atomic E-state index is 13.1. The average molecular weight is 411 g/mol. The van der Waals surface area contributed by atoms with Crippen molar-refractivity contribution in [2.75, 3.05) is 25.7 Å². The van der Waals surface area contributed by atoms with Crippen LogP contribution in [0.15, 0.2) is 36.4 Å². The molecule has 2 heterocycles. The Morgan fingerprint density at radius 3 is 2.43 bits per heavy atom. The number of nitro groups is 1. The van der Waals surface area contributed by atoms with Crippen molar-refractivity contribution >= 4 is 23.2 Å². The maximum atomic E-state index is 13.1. The van der Waals surface area contributed by atoms with Crippen molar-refractivity contribution in [1.82, 2.24) is 4.90 Å². The van der Waals surface area contributed by atoms with E-state index in [9.17, 15) is 19.7 Å². The first-order chi connectivity index (χ1) is 14.4. The Labute approximate surface area is 172 Å². The molecule has 0 saturated carbocycles. The van der Waals surface area contributed by atoms with Gasteiger partial charge in [0.1, 0.15) is 0 Å². The average Bonchev–Trinajstić information content (AvgIpc) is 3.06. The minimum Gasteiger partial charge on any atom is -0.493 e. The van der Waals surface area contributed by atoms with Crippen LogP contribution < -0.4 is 14.4 Å².